The molecular weight excluding hydrogens is 258 g/mol. The maximum atomic E-state index is 11.8. The molecule has 21 heavy (non-hydrogen) atoms. The van der Waals surface area contributed by atoms with Gasteiger partial charge in [-0.05, 0) is 55.5 Å². The van der Waals surface area contributed by atoms with E-state index >= 15 is 0 Å². The van der Waals surface area contributed by atoms with E-state index < -0.39 is 0 Å². The fraction of sp³-hybridized carbons (Fsp3) is 0.632. The third-order valence-electron chi connectivity index (χ3n) is 4.99. The van der Waals surface area contributed by atoms with Crippen LogP contribution in [0.4, 0.5) is 0 Å². The monoisotopic (exact) mass is 287 g/mol. The number of rotatable bonds is 4. The summed E-state index contributed by atoms with van der Waals surface area (Å²) >= 11 is 0. The van der Waals surface area contributed by atoms with Crippen LogP contribution < -0.4 is 5.32 Å². The Bertz CT molecular complexity index is 461. The molecule has 0 radical (unpaired) electrons. The van der Waals surface area contributed by atoms with Gasteiger partial charge in [-0.2, -0.15) is 0 Å². The number of benzene rings is 1. The van der Waals surface area contributed by atoms with Crippen molar-refractivity contribution in [2.75, 3.05) is 13.6 Å². The Labute approximate surface area is 129 Å². The van der Waals surface area contributed by atoms with Gasteiger partial charge >= 0.3 is 0 Å². The van der Waals surface area contributed by atoms with E-state index in [2.05, 4.69) is 38.2 Å². The number of hydrogen-bond acceptors (Lipinski definition) is 2. The maximum Gasteiger partial charge on any atom is 0.176 e. The highest BCUT2D eigenvalue weighted by molar-refractivity contribution is 5.97. The molecular formula is C19H29NO. The Hall–Kier alpha value is -1.15. The average Bonchev–Trinajstić information content (AvgIpc) is 2.47. The van der Waals surface area contributed by atoms with Crippen LogP contribution in [0.3, 0.4) is 0 Å². The second-order valence-electron chi connectivity index (χ2n) is 7.49. The minimum atomic E-state index is 0.167. The largest absolute Gasteiger partial charge is 0.313 e. The lowest BCUT2D eigenvalue weighted by Gasteiger charge is -2.37. The summed E-state index contributed by atoms with van der Waals surface area (Å²) in [5.74, 6) is 1.70. The molecule has 0 atom stereocenters. The van der Waals surface area contributed by atoms with Crippen LogP contribution in [0.25, 0.3) is 0 Å². The highest BCUT2D eigenvalue weighted by Gasteiger charge is 2.30. The lowest BCUT2D eigenvalue weighted by molar-refractivity contribution is 0.0993. The van der Waals surface area contributed by atoms with Crippen LogP contribution in [-0.2, 0) is 0 Å². The molecule has 0 amide bonds. The van der Waals surface area contributed by atoms with Crippen molar-refractivity contribution < 1.29 is 4.79 Å². The summed E-state index contributed by atoms with van der Waals surface area (Å²) in [4.78, 5) is 11.8. The van der Waals surface area contributed by atoms with Gasteiger partial charge in [-0.25, -0.2) is 0 Å². The van der Waals surface area contributed by atoms with Crippen molar-refractivity contribution in [2.45, 2.75) is 52.4 Å². The number of Topliss-reactive ketones (excluding diaryl/α,β-unsaturated/α-hetero) is 1. The zero-order valence-corrected chi connectivity index (χ0v) is 13.9. The summed E-state index contributed by atoms with van der Waals surface area (Å²) in [6, 6.07) is 8.30. The SMILES string of the molecule is CNCC(=O)c1ccc(C2CCC(C(C)(C)C)CC2)cc1. The predicted molar refractivity (Wildman–Crippen MR) is 88.9 cm³/mol. The van der Waals surface area contributed by atoms with Gasteiger partial charge < -0.3 is 5.32 Å². The smallest absolute Gasteiger partial charge is 0.176 e. The molecule has 0 aromatic heterocycles. The standard InChI is InChI=1S/C19H29NO/c1-19(2,3)17-11-9-15(10-12-17)14-5-7-16(8-6-14)18(21)13-20-4/h5-8,15,17,20H,9-13H2,1-4H3. The molecule has 1 aromatic rings. The van der Waals surface area contributed by atoms with Gasteiger partial charge in [-0.15, -0.1) is 0 Å². The van der Waals surface area contributed by atoms with Crippen molar-refractivity contribution >= 4 is 5.78 Å². The summed E-state index contributed by atoms with van der Waals surface area (Å²) in [5, 5.41) is 2.91. The molecule has 1 fully saturated rings. The summed E-state index contributed by atoms with van der Waals surface area (Å²) < 4.78 is 0. The van der Waals surface area contributed by atoms with E-state index in [1.165, 1.54) is 31.2 Å². The molecule has 0 heterocycles. The number of carbonyl (C=O) groups is 1. The molecule has 0 bridgehead atoms. The number of nitrogens with one attached hydrogen (secondary N) is 1. The first kappa shape index (κ1) is 16.2. The van der Waals surface area contributed by atoms with Crippen molar-refractivity contribution in [2.24, 2.45) is 11.3 Å². The minimum Gasteiger partial charge on any atom is -0.313 e. The molecule has 2 rings (SSSR count). The van der Waals surface area contributed by atoms with Gasteiger partial charge in [0.1, 0.15) is 0 Å². The van der Waals surface area contributed by atoms with Gasteiger partial charge in [-0.1, -0.05) is 45.0 Å². The number of carbonyl (C=O) groups excluding carboxylic acids is 1. The van der Waals surface area contributed by atoms with E-state index in [1.807, 2.05) is 12.1 Å². The first-order valence-electron chi connectivity index (χ1n) is 8.19. The normalized spacial score (nSPS) is 23.0. The number of hydrogen-bond donors (Lipinski definition) is 1. The van der Waals surface area contributed by atoms with Crippen molar-refractivity contribution in [1.82, 2.24) is 5.32 Å². The minimum absolute atomic E-state index is 0.167. The molecule has 0 unspecified atom stereocenters. The Morgan fingerprint density at radius 3 is 2.14 bits per heavy atom. The third-order valence-corrected chi connectivity index (χ3v) is 4.99. The van der Waals surface area contributed by atoms with E-state index in [-0.39, 0.29) is 5.78 Å². The Balaban J connectivity index is 1.96. The van der Waals surface area contributed by atoms with Gasteiger partial charge in [0.15, 0.2) is 5.78 Å². The molecule has 1 aliphatic rings. The zero-order valence-electron chi connectivity index (χ0n) is 13.9. The average molecular weight is 287 g/mol. The van der Waals surface area contributed by atoms with E-state index in [0.29, 0.717) is 17.9 Å². The summed E-state index contributed by atoms with van der Waals surface area (Å²) in [7, 11) is 1.81. The molecule has 1 saturated carbocycles. The number of likely N-dealkylation sites (N-methyl/N-ethyl adjacent to an activating group) is 1. The van der Waals surface area contributed by atoms with Gasteiger partial charge in [0, 0.05) is 5.56 Å². The topological polar surface area (TPSA) is 29.1 Å². The van der Waals surface area contributed by atoms with Crippen LogP contribution in [0.5, 0.6) is 0 Å². The van der Waals surface area contributed by atoms with Crippen LogP contribution in [0.2, 0.25) is 0 Å². The molecule has 1 N–H and O–H groups in total. The summed E-state index contributed by atoms with van der Waals surface area (Å²) in [5.41, 5.74) is 2.66. The zero-order chi connectivity index (χ0) is 15.5. The van der Waals surface area contributed by atoms with E-state index in [4.69, 9.17) is 0 Å². The highest BCUT2D eigenvalue weighted by atomic mass is 16.1. The molecule has 1 aromatic carbocycles. The molecule has 0 spiro atoms. The molecule has 2 heteroatoms. The molecule has 116 valence electrons. The Morgan fingerprint density at radius 2 is 1.67 bits per heavy atom. The molecule has 2 nitrogen and oxygen atoms in total. The lowest BCUT2D eigenvalue weighted by atomic mass is 9.68. The maximum absolute atomic E-state index is 11.8. The molecule has 1 aliphatic carbocycles. The van der Waals surface area contributed by atoms with Gasteiger partial charge in [0.05, 0.1) is 6.54 Å². The Kier molecular flexibility index (Phi) is 5.21. The second kappa shape index (κ2) is 6.74. The van der Waals surface area contributed by atoms with E-state index in [1.54, 1.807) is 7.05 Å². The molecule has 0 aliphatic heterocycles. The van der Waals surface area contributed by atoms with Gasteiger partial charge in [-0.3, -0.25) is 4.79 Å². The quantitative estimate of drug-likeness (QED) is 0.831. The fourth-order valence-corrected chi connectivity index (χ4v) is 3.50. The second-order valence-corrected chi connectivity index (χ2v) is 7.49. The van der Waals surface area contributed by atoms with E-state index in [9.17, 15) is 4.79 Å². The first-order chi connectivity index (χ1) is 9.91. The van der Waals surface area contributed by atoms with Gasteiger partial charge in [0.2, 0.25) is 0 Å². The lowest BCUT2D eigenvalue weighted by Crippen LogP contribution is -2.25. The fourth-order valence-electron chi connectivity index (χ4n) is 3.50. The third kappa shape index (κ3) is 4.16. The molecule has 0 saturated heterocycles. The van der Waals surface area contributed by atoms with Gasteiger partial charge in [0.25, 0.3) is 0 Å². The van der Waals surface area contributed by atoms with Crippen LogP contribution in [0, 0.1) is 11.3 Å². The predicted octanol–water partition coefficient (Wildman–Crippen LogP) is 4.41. The van der Waals surface area contributed by atoms with Crippen molar-refractivity contribution in [3.63, 3.8) is 0 Å². The van der Waals surface area contributed by atoms with Crippen molar-refractivity contribution in [3.05, 3.63) is 35.4 Å². The van der Waals surface area contributed by atoms with Crippen LogP contribution >= 0.6 is 0 Å². The summed E-state index contributed by atoms with van der Waals surface area (Å²) in [6.45, 7) is 7.50. The van der Waals surface area contributed by atoms with Crippen molar-refractivity contribution in [3.8, 4) is 0 Å². The summed E-state index contributed by atoms with van der Waals surface area (Å²) in [6.07, 6.45) is 5.22. The Morgan fingerprint density at radius 1 is 1.10 bits per heavy atom. The van der Waals surface area contributed by atoms with Crippen molar-refractivity contribution in [1.29, 1.82) is 0 Å². The van der Waals surface area contributed by atoms with Crippen LogP contribution in [-0.4, -0.2) is 19.4 Å². The highest BCUT2D eigenvalue weighted by Crippen LogP contribution is 2.43. The first-order valence-corrected chi connectivity index (χ1v) is 8.19. The van der Waals surface area contributed by atoms with E-state index in [0.717, 1.165) is 11.5 Å². The van der Waals surface area contributed by atoms with Crippen LogP contribution in [0.1, 0.15) is 68.3 Å². The number of ketones is 1. The van der Waals surface area contributed by atoms with Crippen LogP contribution in [0.15, 0.2) is 24.3 Å².